The minimum atomic E-state index is -0.593. The Balaban J connectivity index is 2.06. The topological polar surface area (TPSA) is 40.5 Å². The highest BCUT2D eigenvalue weighted by Gasteiger charge is 2.32. The Morgan fingerprint density at radius 2 is 2.05 bits per heavy atom. The summed E-state index contributed by atoms with van der Waals surface area (Å²) in [5.74, 6) is 1.11. The largest absolute Gasteiger partial charge is 0.387 e. The Morgan fingerprint density at radius 3 is 2.65 bits per heavy atom. The van der Waals surface area contributed by atoms with Crippen molar-refractivity contribution in [3.63, 3.8) is 0 Å². The molecule has 0 radical (unpaired) electrons. The molecule has 3 heteroatoms. The van der Waals surface area contributed by atoms with Gasteiger partial charge in [0.15, 0.2) is 0 Å². The lowest BCUT2D eigenvalue weighted by Crippen LogP contribution is -2.30. The molecule has 1 saturated heterocycles. The van der Waals surface area contributed by atoms with Crippen LogP contribution in [0.2, 0.25) is 0 Å². The minimum absolute atomic E-state index is 0.174. The molecule has 1 N–H and O–H groups in total. The van der Waals surface area contributed by atoms with Crippen LogP contribution in [0.15, 0.2) is 18.2 Å². The average Bonchev–Trinajstić information content (AvgIpc) is 2.74. The van der Waals surface area contributed by atoms with Gasteiger partial charge in [0.25, 0.3) is 0 Å². The van der Waals surface area contributed by atoms with E-state index in [1.807, 2.05) is 36.9 Å². The number of aliphatic hydroxyl groups is 1. The van der Waals surface area contributed by atoms with E-state index in [1.54, 1.807) is 0 Å². The molecule has 1 aromatic rings. The van der Waals surface area contributed by atoms with Crippen LogP contribution >= 0.6 is 0 Å². The molecule has 1 heterocycles. The zero-order valence-corrected chi connectivity index (χ0v) is 12.9. The van der Waals surface area contributed by atoms with Crippen LogP contribution in [0, 0.1) is 25.7 Å². The van der Waals surface area contributed by atoms with Crippen molar-refractivity contribution in [3.8, 4) is 0 Å². The molecule has 0 saturated carbocycles. The Kier molecular flexibility index (Phi) is 4.48. The van der Waals surface area contributed by atoms with Crippen molar-refractivity contribution in [1.82, 2.24) is 4.90 Å². The first-order chi connectivity index (χ1) is 9.38. The van der Waals surface area contributed by atoms with Crippen molar-refractivity contribution in [2.45, 2.75) is 40.2 Å². The van der Waals surface area contributed by atoms with Crippen LogP contribution in [-0.2, 0) is 4.79 Å². The molecule has 110 valence electrons. The second kappa shape index (κ2) is 5.96. The van der Waals surface area contributed by atoms with Gasteiger partial charge < -0.3 is 10.0 Å². The molecule has 2 unspecified atom stereocenters. The van der Waals surface area contributed by atoms with E-state index >= 15 is 0 Å². The summed E-state index contributed by atoms with van der Waals surface area (Å²) in [6.45, 7) is 9.52. The van der Waals surface area contributed by atoms with E-state index < -0.39 is 6.10 Å². The number of aliphatic hydroxyl groups excluding tert-OH is 1. The second-order valence-electron chi connectivity index (χ2n) is 6.38. The molecule has 0 aliphatic carbocycles. The van der Waals surface area contributed by atoms with E-state index in [1.165, 1.54) is 0 Å². The molecule has 2 atom stereocenters. The average molecular weight is 275 g/mol. The van der Waals surface area contributed by atoms with Gasteiger partial charge in [-0.2, -0.15) is 0 Å². The first-order valence-electron chi connectivity index (χ1n) is 7.41. The van der Waals surface area contributed by atoms with Crippen LogP contribution in [0.25, 0.3) is 0 Å². The van der Waals surface area contributed by atoms with Gasteiger partial charge in [-0.1, -0.05) is 37.6 Å². The number of amides is 1. The highest BCUT2D eigenvalue weighted by Crippen LogP contribution is 2.27. The zero-order chi connectivity index (χ0) is 14.9. The fraction of sp³-hybridized carbons (Fsp3) is 0.588. The maximum absolute atomic E-state index is 12.0. The molecular weight excluding hydrogens is 250 g/mol. The van der Waals surface area contributed by atoms with Crippen molar-refractivity contribution in [1.29, 1.82) is 0 Å². The highest BCUT2D eigenvalue weighted by molar-refractivity contribution is 5.78. The van der Waals surface area contributed by atoms with Gasteiger partial charge in [0.2, 0.25) is 5.91 Å². The summed E-state index contributed by atoms with van der Waals surface area (Å²) in [6, 6.07) is 6.08. The molecule has 0 spiro atoms. The number of benzene rings is 1. The SMILES string of the molecule is Cc1ccc(C)c(C(O)CN2CC(C(C)C)CC2=O)c1. The van der Waals surface area contributed by atoms with Gasteiger partial charge in [-0.3, -0.25) is 4.79 Å². The van der Waals surface area contributed by atoms with Gasteiger partial charge in [-0.15, -0.1) is 0 Å². The first kappa shape index (κ1) is 15.0. The summed E-state index contributed by atoms with van der Waals surface area (Å²) in [5.41, 5.74) is 3.15. The molecule has 1 aromatic carbocycles. The van der Waals surface area contributed by atoms with Crippen LogP contribution in [0.1, 0.15) is 43.1 Å². The Hall–Kier alpha value is -1.35. The number of β-amino-alcohol motifs (C(OH)–C–C–N with tert-alkyl or cyclic N) is 1. The van der Waals surface area contributed by atoms with E-state index in [2.05, 4.69) is 13.8 Å². The number of rotatable bonds is 4. The standard InChI is InChI=1S/C17H25NO2/c1-11(2)14-8-17(20)18(9-14)10-16(19)15-7-12(3)5-6-13(15)4/h5-7,11,14,16,19H,8-10H2,1-4H3. The third-order valence-corrected chi connectivity index (χ3v) is 4.37. The molecule has 1 aliphatic rings. The third kappa shape index (κ3) is 3.21. The van der Waals surface area contributed by atoms with Crippen molar-refractivity contribution in [2.24, 2.45) is 11.8 Å². The molecule has 1 fully saturated rings. The van der Waals surface area contributed by atoms with Crippen molar-refractivity contribution in [3.05, 3.63) is 34.9 Å². The van der Waals surface area contributed by atoms with E-state index in [0.717, 1.165) is 23.2 Å². The summed E-state index contributed by atoms with van der Waals surface area (Å²) in [6.07, 6.45) is 0.0294. The minimum Gasteiger partial charge on any atom is -0.387 e. The van der Waals surface area contributed by atoms with Crippen LogP contribution in [0.5, 0.6) is 0 Å². The number of hydrogen-bond acceptors (Lipinski definition) is 2. The number of carbonyl (C=O) groups is 1. The van der Waals surface area contributed by atoms with Crippen molar-refractivity contribution >= 4 is 5.91 Å². The highest BCUT2D eigenvalue weighted by atomic mass is 16.3. The number of carbonyl (C=O) groups excluding carboxylic acids is 1. The summed E-state index contributed by atoms with van der Waals surface area (Å²) in [5, 5.41) is 10.4. The maximum Gasteiger partial charge on any atom is 0.223 e. The van der Waals surface area contributed by atoms with E-state index in [0.29, 0.717) is 24.8 Å². The van der Waals surface area contributed by atoms with Gasteiger partial charge in [-0.25, -0.2) is 0 Å². The lowest BCUT2D eigenvalue weighted by molar-refractivity contribution is -0.129. The third-order valence-electron chi connectivity index (χ3n) is 4.37. The normalized spacial score (nSPS) is 20.8. The summed E-state index contributed by atoms with van der Waals surface area (Å²) in [7, 11) is 0. The smallest absolute Gasteiger partial charge is 0.223 e. The maximum atomic E-state index is 12.0. The van der Waals surface area contributed by atoms with Gasteiger partial charge in [0.05, 0.1) is 12.6 Å². The van der Waals surface area contributed by atoms with Gasteiger partial charge in [0.1, 0.15) is 0 Å². The van der Waals surface area contributed by atoms with Crippen molar-refractivity contribution < 1.29 is 9.90 Å². The van der Waals surface area contributed by atoms with Crippen LogP contribution < -0.4 is 0 Å². The zero-order valence-electron chi connectivity index (χ0n) is 12.9. The number of likely N-dealkylation sites (tertiary alicyclic amines) is 1. The van der Waals surface area contributed by atoms with Crippen LogP contribution in [-0.4, -0.2) is 29.0 Å². The lowest BCUT2D eigenvalue weighted by atomic mass is 9.95. The number of nitrogens with zero attached hydrogens (tertiary/aromatic N) is 1. The van der Waals surface area contributed by atoms with Gasteiger partial charge >= 0.3 is 0 Å². The molecule has 0 bridgehead atoms. The molecule has 0 aromatic heterocycles. The predicted molar refractivity (Wildman–Crippen MR) is 80.4 cm³/mol. The van der Waals surface area contributed by atoms with Gasteiger partial charge in [-0.05, 0) is 36.8 Å². The monoisotopic (exact) mass is 275 g/mol. The summed E-state index contributed by atoms with van der Waals surface area (Å²) >= 11 is 0. The van der Waals surface area contributed by atoms with Crippen LogP contribution in [0.3, 0.4) is 0 Å². The fourth-order valence-corrected chi connectivity index (χ4v) is 2.85. The lowest BCUT2D eigenvalue weighted by Gasteiger charge is -2.23. The van der Waals surface area contributed by atoms with Gasteiger partial charge in [0, 0.05) is 13.0 Å². The Labute approximate surface area is 121 Å². The van der Waals surface area contributed by atoms with E-state index in [-0.39, 0.29) is 5.91 Å². The molecule has 1 amide bonds. The first-order valence-corrected chi connectivity index (χ1v) is 7.41. The van der Waals surface area contributed by atoms with Crippen molar-refractivity contribution in [2.75, 3.05) is 13.1 Å². The predicted octanol–water partition coefficient (Wildman–Crippen LogP) is 2.84. The summed E-state index contributed by atoms with van der Waals surface area (Å²) < 4.78 is 0. The summed E-state index contributed by atoms with van der Waals surface area (Å²) in [4.78, 5) is 13.8. The Bertz CT molecular complexity index is 496. The van der Waals surface area contributed by atoms with E-state index in [4.69, 9.17) is 0 Å². The molecule has 2 rings (SSSR count). The second-order valence-corrected chi connectivity index (χ2v) is 6.38. The fourth-order valence-electron chi connectivity index (χ4n) is 2.85. The number of hydrogen-bond donors (Lipinski definition) is 1. The molecule has 20 heavy (non-hydrogen) atoms. The molecular formula is C17H25NO2. The quantitative estimate of drug-likeness (QED) is 0.918. The number of aryl methyl sites for hydroxylation is 2. The Morgan fingerprint density at radius 1 is 1.35 bits per heavy atom. The molecule has 3 nitrogen and oxygen atoms in total. The molecule has 1 aliphatic heterocycles. The van der Waals surface area contributed by atoms with Crippen LogP contribution in [0.4, 0.5) is 0 Å². The van der Waals surface area contributed by atoms with E-state index in [9.17, 15) is 9.90 Å².